The summed E-state index contributed by atoms with van der Waals surface area (Å²) >= 11 is 0. The van der Waals surface area contributed by atoms with E-state index in [1.54, 1.807) is 0 Å². The van der Waals surface area contributed by atoms with E-state index in [1.165, 1.54) is 6.07 Å². The van der Waals surface area contributed by atoms with Gasteiger partial charge in [-0.1, -0.05) is 13.0 Å². The number of aliphatic hydroxyl groups is 2. The topological polar surface area (TPSA) is 40.5 Å². The summed E-state index contributed by atoms with van der Waals surface area (Å²) in [6.45, 7) is 5.38. The van der Waals surface area contributed by atoms with Crippen molar-refractivity contribution in [1.82, 2.24) is 0 Å². The van der Waals surface area contributed by atoms with Gasteiger partial charge in [0.25, 0.3) is 0 Å². The van der Waals surface area contributed by atoms with E-state index < -0.39 is 6.10 Å². The molecule has 3 heteroatoms. The largest absolute Gasteiger partial charge is 0.394 e. The minimum atomic E-state index is -0.781. The number of benzene rings is 1. The molecule has 2 N–H and O–H groups in total. The Morgan fingerprint density at radius 1 is 1.25 bits per heavy atom. The monoisotopic (exact) mass is 226 g/mol. The normalized spacial score (nSPS) is 14.9. The van der Waals surface area contributed by atoms with Crippen LogP contribution in [-0.4, -0.2) is 22.9 Å². The van der Waals surface area contributed by atoms with Crippen molar-refractivity contribution in [1.29, 1.82) is 0 Å². The maximum atomic E-state index is 13.7. The van der Waals surface area contributed by atoms with Gasteiger partial charge in [0, 0.05) is 0 Å². The molecule has 0 aliphatic rings. The highest BCUT2D eigenvalue weighted by Crippen LogP contribution is 2.26. The molecule has 0 heterocycles. The van der Waals surface area contributed by atoms with E-state index in [2.05, 4.69) is 0 Å². The molecule has 90 valence electrons. The lowest BCUT2D eigenvalue weighted by Gasteiger charge is -2.17. The predicted molar refractivity (Wildman–Crippen MR) is 62.0 cm³/mol. The third-order valence-corrected chi connectivity index (χ3v) is 2.98. The molecular formula is C13H19FO2. The molecule has 2 unspecified atom stereocenters. The lowest BCUT2D eigenvalue weighted by molar-refractivity contribution is 0.0832. The van der Waals surface area contributed by atoms with Crippen molar-refractivity contribution in [3.8, 4) is 0 Å². The number of aliphatic hydroxyl groups excluding tert-OH is 2. The third-order valence-electron chi connectivity index (χ3n) is 2.98. The molecule has 0 saturated carbocycles. The van der Waals surface area contributed by atoms with Gasteiger partial charge in [-0.2, -0.15) is 0 Å². The van der Waals surface area contributed by atoms with E-state index in [0.717, 1.165) is 11.1 Å². The van der Waals surface area contributed by atoms with Gasteiger partial charge in [0.05, 0.1) is 12.7 Å². The van der Waals surface area contributed by atoms with Crippen molar-refractivity contribution >= 4 is 0 Å². The molecule has 0 aromatic heterocycles. The lowest BCUT2D eigenvalue weighted by Crippen LogP contribution is -2.15. The zero-order valence-electron chi connectivity index (χ0n) is 10.00. The molecule has 16 heavy (non-hydrogen) atoms. The molecule has 2 nitrogen and oxygen atoms in total. The summed E-state index contributed by atoms with van der Waals surface area (Å²) in [6, 6.07) is 3.34. The summed E-state index contributed by atoms with van der Waals surface area (Å²) in [5.41, 5.74) is 2.58. The van der Waals surface area contributed by atoms with Gasteiger partial charge in [-0.15, -0.1) is 0 Å². The summed E-state index contributed by atoms with van der Waals surface area (Å²) < 4.78 is 13.7. The second-order valence-electron chi connectivity index (χ2n) is 4.43. The highest BCUT2D eigenvalue weighted by Gasteiger charge is 2.15. The molecule has 1 rings (SSSR count). The zero-order valence-corrected chi connectivity index (χ0v) is 10.00. The van der Waals surface area contributed by atoms with Gasteiger partial charge in [-0.3, -0.25) is 0 Å². The van der Waals surface area contributed by atoms with Crippen LogP contribution in [0.5, 0.6) is 0 Å². The van der Waals surface area contributed by atoms with Crippen molar-refractivity contribution in [3.63, 3.8) is 0 Å². The number of rotatable bonds is 4. The number of hydrogen-bond donors (Lipinski definition) is 2. The summed E-state index contributed by atoms with van der Waals surface area (Å²) in [7, 11) is 0. The molecule has 0 aliphatic heterocycles. The minimum absolute atomic E-state index is 0.0959. The van der Waals surface area contributed by atoms with Gasteiger partial charge in [0.2, 0.25) is 0 Å². The highest BCUT2D eigenvalue weighted by atomic mass is 19.1. The lowest BCUT2D eigenvalue weighted by atomic mass is 9.92. The summed E-state index contributed by atoms with van der Waals surface area (Å²) in [5, 5.41) is 18.1. The quantitative estimate of drug-likeness (QED) is 0.827. The standard InChI is InChI=1S/C13H19FO2/c1-8-5-12(13(14)6-9(8)2)10(3)4-11(16)7-15/h5-6,10-11,15-16H,4,7H2,1-3H3. The molecule has 0 amide bonds. The van der Waals surface area contributed by atoms with Crippen LogP contribution in [-0.2, 0) is 0 Å². The molecule has 0 saturated heterocycles. The van der Waals surface area contributed by atoms with Crippen molar-refractivity contribution in [2.24, 2.45) is 0 Å². The van der Waals surface area contributed by atoms with Crippen LogP contribution in [0.25, 0.3) is 0 Å². The summed E-state index contributed by atoms with van der Waals surface area (Å²) in [5.74, 6) is -0.331. The molecule has 0 fully saturated rings. The Labute approximate surface area is 95.7 Å². The molecule has 2 atom stereocenters. The van der Waals surface area contributed by atoms with E-state index in [9.17, 15) is 9.50 Å². The Bertz CT molecular complexity index is 363. The Morgan fingerprint density at radius 2 is 1.81 bits per heavy atom. The van der Waals surface area contributed by atoms with Crippen molar-refractivity contribution in [2.45, 2.75) is 39.2 Å². The molecule has 1 aromatic rings. The van der Waals surface area contributed by atoms with Crippen LogP contribution in [0.2, 0.25) is 0 Å². The Hall–Kier alpha value is -0.930. The molecule has 0 aliphatic carbocycles. The molecule has 0 spiro atoms. The summed E-state index contributed by atoms with van der Waals surface area (Å²) in [6.07, 6.45) is -0.411. The molecule has 0 bridgehead atoms. The first kappa shape index (κ1) is 13.1. The van der Waals surface area contributed by atoms with Gasteiger partial charge in [0.15, 0.2) is 0 Å². The van der Waals surface area contributed by atoms with Gasteiger partial charge in [-0.05, 0) is 48.9 Å². The van der Waals surface area contributed by atoms with Crippen LogP contribution in [0.4, 0.5) is 4.39 Å². The van der Waals surface area contributed by atoms with Crippen molar-refractivity contribution in [3.05, 3.63) is 34.6 Å². The molecule has 0 radical (unpaired) electrons. The van der Waals surface area contributed by atoms with E-state index in [1.807, 2.05) is 26.8 Å². The first-order valence-electron chi connectivity index (χ1n) is 5.51. The van der Waals surface area contributed by atoms with Crippen LogP contribution in [0, 0.1) is 19.7 Å². The van der Waals surface area contributed by atoms with Gasteiger partial charge in [-0.25, -0.2) is 4.39 Å². The fourth-order valence-corrected chi connectivity index (χ4v) is 1.79. The van der Waals surface area contributed by atoms with Crippen molar-refractivity contribution < 1.29 is 14.6 Å². The van der Waals surface area contributed by atoms with Crippen LogP contribution in [0.3, 0.4) is 0 Å². The Morgan fingerprint density at radius 3 is 2.38 bits per heavy atom. The maximum absolute atomic E-state index is 13.7. The summed E-state index contributed by atoms with van der Waals surface area (Å²) in [4.78, 5) is 0. The van der Waals surface area contributed by atoms with E-state index >= 15 is 0 Å². The second-order valence-corrected chi connectivity index (χ2v) is 4.43. The number of hydrogen-bond acceptors (Lipinski definition) is 2. The SMILES string of the molecule is Cc1cc(F)c(C(C)CC(O)CO)cc1C. The average Bonchev–Trinajstić information content (AvgIpc) is 2.23. The first-order chi connectivity index (χ1) is 7.45. The Kier molecular flexibility index (Phi) is 4.44. The molecular weight excluding hydrogens is 207 g/mol. The predicted octanol–water partition coefficient (Wildman–Crippen LogP) is 2.29. The third kappa shape index (κ3) is 3.03. The van der Waals surface area contributed by atoms with Crippen LogP contribution < -0.4 is 0 Å². The Balaban J connectivity index is 2.91. The minimum Gasteiger partial charge on any atom is -0.394 e. The van der Waals surface area contributed by atoms with E-state index in [0.29, 0.717) is 12.0 Å². The first-order valence-corrected chi connectivity index (χ1v) is 5.51. The fraction of sp³-hybridized carbons (Fsp3) is 0.538. The zero-order chi connectivity index (χ0) is 12.3. The maximum Gasteiger partial charge on any atom is 0.126 e. The van der Waals surface area contributed by atoms with Gasteiger partial charge >= 0.3 is 0 Å². The van der Waals surface area contributed by atoms with Crippen molar-refractivity contribution in [2.75, 3.05) is 6.61 Å². The van der Waals surface area contributed by atoms with E-state index in [-0.39, 0.29) is 18.3 Å². The number of aryl methyl sites for hydroxylation is 2. The highest BCUT2D eigenvalue weighted by molar-refractivity contribution is 5.33. The molecule has 1 aromatic carbocycles. The second kappa shape index (κ2) is 5.41. The van der Waals surface area contributed by atoms with E-state index in [4.69, 9.17) is 5.11 Å². The van der Waals surface area contributed by atoms with Crippen LogP contribution in [0.1, 0.15) is 36.0 Å². The van der Waals surface area contributed by atoms with Gasteiger partial charge < -0.3 is 10.2 Å². The average molecular weight is 226 g/mol. The smallest absolute Gasteiger partial charge is 0.126 e. The van der Waals surface area contributed by atoms with Crippen LogP contribution >= 0.6 is 0 Å². The fourth-order valence-electron chi connectivity index (χ4n) is 1.79. The van der Waals surface area contributed by atoms with Crippen LogP contribution in [0.15, 0.2) is 12.1 Å². The van der Waals surface area contributed by atoms with Gasteiger partial charge in [0.1, 0.15) is 5.82 Å². The number of halogens is 1.